The van der Waals surface area contributed by atoms with Gasteiger partial charge in [-0.2, -0.15) is 0 Å². The Morgan fingerprint density at radius 2 is 2.22 bits per heavy atom. The molecule has 23 heavy (non-hydrogen) atoms. The van der Waals surface area contributed by atoms with Gasteiger partial charge in [0.25, 0.3) is 0 Å². The Bertz CT molecular complexity index is 492. The molecule has 2 aliphatic rings. The lowest BCUT2D eigenvalue weighted by atomic mass is 9.94. The molecule has 3 unspecified atom stereocenters. The van der Waals surface area contributed by atoms with E-state index in [4.69, 9.17) is 9.47 Å². The molecule has 3 atom stereocenters. The van der Waals surface area contributed by atoms with Crippen molar-refractivity contribution in [2.45, 2.75) is 44.8 Å². The molecular weight excluding hydrogens is 312 g/mol. The number of hydrogen-bond donors (Lipinski definition) is 2. The van der Waals surface area contributed by atoms with Gasteiger partial charge in [-0.15, -0.1) is 12.4 Å². The standard InChI is InChI=1S/C18H28N2O2.ClH/c1-13-6-7-14(18(10-13)21-2)11-20-16-5-3-4-15(16)17-12-22-9-8-19-17;/h6-7,10,15-17,19-20H,3-5,8-9,11-12H2,1-2H3;1H. The van der Waals surface area contributed by atoms with Crippen molar-refractivity contribution in [3.05, 3.63) is 29.3 Å². The maximum atomic E-state index is 5.65. The number of methoxy groups -OCH3 is 1. The van der Waals surface area contributed by atoms with E-state index in [0.29, 0.717) is 18.0 Å². The molecule has 4 nitrogen and oxygen atoms in total. The third-order valence-electron chi connectivity index (χ3n) is 5.03. The van der Waals surface area contributed by atoms with E-state index < -0.39 is 0 Å². The molecule has 1 saturated heterocycles. The number of halogens is 1. The van der Waals surface area contributed by atoms with Crippen molar-refractivity contribution in [2.24, 2.45) is 5.92 Å². The normalized spacial score (nSPS) is 27.5. The van der Waals surface area contributed by atoms with Gasteiger partial charge >= 0.3 is 0 Å². The first-order valence-corrected chi connectivity index (χ1v) is 8.46. The highest BCUT2D eigenvalue weighted by molar-refractivity contribution is 5.85. The van der Waals surface area contributed by atoms with Crippen molar-refractivity contribution in [2.75, 3.05) is 26.9 Å². The van der Waals surface area contributed by atoms with E-state index in [1.807, 2.05) is 0 Å². The zero-order valence-electron chi connectivity index (χ0n) is 14.1. The van der Waals surface area contributed by atoms with Crippen LogP contribution < -0.4 is 15.4 Å². The molecule has 2 fully saturated rings. The topological polar surface area (TPSA) is 42.5 Å². The number of rotatable bonds is 5. The Labute approximate surface area is 145 Å². The van der Waals surface area contributed by atoms with Gasteiger partial charge in [-0.05, 0) is 37.3 Å². The first-order valence-electron chi connectivity index (χ1n) is 8.46. The molecule has 0 spiro atoms. The van der Waals surface area contributed by atoms with E-state index in [2.05, 4.69) is 35.8 Å². The van der Waals surface area contributed by atoms with E-state index in [-0.39, 0.29) is 12.4 Å². The second-order valence-corrected chi connectivity index (χ2v) is 6.53. The smallest absolute Gasteiger partial charge is 0.123 e. The van der Waals surface area contributed by atoms with Gasteiger partial charge < -0.3 is 20.1 Å². The first kappa shape index (κ1) is 18.5. The largest absolute Gasteiger partial charge is 0.496 e. The average molecular weight is 341 g/mol. The number of benzene rings is 1. The van der Waals surface area contributed by atoms with E-state index in [1.54, 1.807) is 7.11 Å². The van der Waals surface area contributed by atoms with Crippen molar-refractivity contribution in [3.63, 3.8) is 0 Å². The lowest BCUT2D eigenvalue weighted by Crippen LogP contribution is -2.50. The van der Waals surface area contributed by atoms with Gasteiger partial charge in [0.05, 0.1) is 20.3 Å². The molecule has 0 aromatic heterocycles. The molecule has 1 aliphatic carbocycles. The van der Waals surface area contributed by atoms with Crippen LogP contribution in [0.1, 0.15) is 30.4 Å². The number of hydrogen-bond acceptors (Lipinski definition) is 4. The first-order chi connectivity index (χ1) is 10.8. The highest BCUT2D eigenvalue weighted by Gasteiger charge is 2.34. The van der Waals surface area contributed by atoms with Crippen molar-refractivity contribution in [1.82, 2.24) is 10.6 Å². The van der Waals surface area contributed by atoms with Crippen LogP contribution in [0.25, 0.3) is 0 Å². The fraction of sp³-hybridized carbons (Fsp3) is 0.667. The van der Waals surface area contributed by atoms with Crippen molar-refractivity contribution >= 4 is 12.4 Å². The van der Waals surface area contributed by atoms with Crippen LogP contribution in [0.5, 0.6) is 5.75 Å². The summed E-state index contributed by atoms with van der Waals surface area (Å²) in [5, 5.41) is 7.39. The second kappa shape index (κ2) is 8.88. The van der Waals surface area contributed by atoms with Crippen LogP contribution in [-0.4, -0.2) is 39.0 Å². The molecule has 2 N–H and O–H groups in total. The molecule has 0 radical (unpaired) electrons. The highest BCUT2D eigenvalue weighted by Crippen LogP contribution is 2.30. The Morgan fingerprint density at radius 1 is 1.35 bits per heavy atom. The quantitative estimate of drug-likeness (QED) is 0.865. The van der Waals surface area contributed by atoms with Crippen LogP contribution in [0.2, 0.25) is 0 Å². The van der Waals surface area contributed by atoms with E-state index >= 15 is 0 Å². The summed E-state index contributed by atoms with van der Waals surface area (Å²) < 4.78 is 11.2. The molecule has 1 saturated carbocycles. The predicted octanol–water partition coefficient (Wildman–Crippen LogP) is 2.67. The van der Waals surface area contributed by atoms with Crippen LogP contribution in [-0.2, 0) is 11.3 Å². The maximum absolute atomic E-state index is 5.65. The monoisotopic (exact) mass is 340 g/mol. The minimum Gasteiger partial charge on any atom is -0.496 e. The van der Waals surface area contributed by atoms with Crippen LogP contribution in [0.3, 0.4) is 0 Å². The van der Waals surface area contributed by atoms with Gasteiger partial charge in [0.1, 0.15) is 5.75 Å². The molecule has 1 heterocycles. The fourth-order valence-electron chi connectivity index (χ4n) is 3.82. The summed E-state index contributed by atoms with van der Waals surface area (Å²) in [7, 11) is 1.75. The minimum absolute atomic E-state index is 0. The summed E-state index contributed by atoms with van der Waals surface area (Å²) in [6.07, 6.45) is 3.87. The zero-order valence-corrected chi connectivity index (χ0v) is 15.0. The molecular formula is C18H29ClN2O2. The van der Waals surface area contributed by atoms with Crippen LogP contribution in [0.4, 0.5) is 0 Å². The summed E-state index contributed by atoms with van der Waals surface area (Å²) in [5.41, 5.74) is 2.48. The maximum Gasteiger partial charge on any atom is 0.123 e. The summed E-state index contributed by atoms with van der Waals surface area (Å²) in [6.45, 7) is 5.66. The van der Waals surface area contributed by atoms with Crippen molar-refractivity contribution in [3.8, 4) is 5.75 Å². The molecule has 1 aromatic carbocycles. The van der Waals surface area contributed by atoms with Gasteiger partial charge in [-0.3, -0.25) is 0 Å². The summed E-state index contributed by atoms with van der Waals surface area (Å²) >= 11 is 0. The number of nitrogens with one attached hydrogen (secondary N) is 2. The van der Waals surface area contributed by atoms with Gasteiger partial charge in [0.2, 0.25) is 0 Å². The summed E-state index contributed by atoms with van der Waals surface area (Å²) in [5.74, 6) is 1.66. The molecule has 0 amide bonds. The third-order valence-corrected chi connectivity index (χ3v) is 5.03. The van der Waals surface area contributed by atoms with Gasteiger partial charge in [-0.1, -0.05) is 18.6 Å². The van der Waals surface area contributed by atoms with Gasteiger partial charge in [-0.25, -0.2) is 0 Å². The summed E-state index contributed by atoms with van der Waals surface area (Å²) in [4.78, 5) is 0. The minimum atomic E-state index is 0. The Hall–Kier alpha value is -0.810. The Balaban J connectivity index is 0.00000192. The molecule has 1 aliphatic heterocycles. The molecule has 130 valence electrons. The van der Waals surface area contributed by atoms with E-state index in [9.17, 15) is 0 Å². The average Bonchev–Trinajstić information content (AvgIpc) is 3.03. The van der Waals surface area contributed by atoms with Crippen LogP contribution in [0, 0.1) is 12.8 Å². The predicted molar refractivity (Wildman–Crippen MR) is 95.6 cm³/mol. The van der Waals surface area contributed by atoms with E-state index in [0.717, 1.165) is 32.1 Å². The Morgan fingerprint density at radius 3 is 2.96 bits per heavy atom. The third kappa shape index (κ3) is 4.60. The summed E-state index contributed by atoms with van der Waals surface area (Å²) in [6, 6.07) is 7.52. The molecule has 3 rings (SSSR count). The van der Waals surface area contributed by atoms with Crippen molar-refractivity contribution in [1.29, 1.82) is 0 Å². The lowest BCUT2D eigenvalue weighted by molar-refractivity contribution is 0.0524. The zero-order chi connectivity index (χ0) is 15.4. The molecule has 5 heteroatoms. The van der Waals surface area contributed by atoms with Crippen molar-refractivity contribution < 1.29 is 9.47 Å². The van der Waals surface area contributed by atoms with Crippen LogP contribution >= 0.6 is 12.4 Å². The lowest BCUT2D eigenvalue weighted by Gasteiger charge is -2.33. The highest BCUT2D eigenvalue weighted by atomic mass is 35.5. The molecule has 0 bridgehead atoms. The van der Waals surface area contributed by atoms with Crippen LogP contribution in [0.15, 0.2) is 18.2 Å². The SMILES string of the molecule is COc1cc(C)ccc1CNC1CCCC1C1COCCN1.Cl. The number of morpholine rings is 1. The van der Waals surface area contributed by atoms with Gasteiger partial charge in [0, 0.05) is 30.7 Å². The Kier molecular flexibility index (Phi) is 7.15. The molecule has 1 aromatic rings. The fourth-order valence-corrected chi connectivity index (χ4v) is 3.82. The number of ether oxygens (including phenoxy) is 2. The van der Waals surface area contributed by atoms with Gasteiger partial charge in [0.15, 0.2) is 0 Å². The second-order valence-electron chi connectivity index (χ2n) is 6.53. The number of aryl methyl sites for hydroxylation is 1. The van der Waals surface area contributed by atoms with E-state index in [1.165, 1.54) is 30.4 Å².